The molecule has 0 saturated heterocycles. The molecule has 0 aromatic heterocycles. The van der Waals surface area contributed by atoms with Crippen molar-refractivity contribution in [3.8, 4) is 0 Å². The zero-order valence-corrected chi connectivity index (χ0v) is 19.3. The summed E-state index contributed by atoms with van der Waals surface area (Å²) in [7, 11) is 0. The molecule has 3 nitrogen and oxygen atoms in total. The van der Waals surface area contributed by atoms with Crippen molar-refractivity contribution in [3.63, 3.8) is 0 Å². The highest BCUT2D eigenvalue weighted by molar-refractivity contribution is 9.11. The lowest BCUT2D eigenvalue weighted by Gasteiger charge is -2.25. The number of anilines is 2. The first-order valence-electron chi connectivity index (χ1n) is 8.60. The minimum absolute atomic E-state index is 0.0573. The van der Waals surface area contributed by atoms with Gasteiger partial charge in [-0.05, 0) is 72.3 Å². The highest BCUT2D eigenvalue weighted by atomic mass is 79.9. The Bertz CT molecular complexity index is 1030. The third kappa shape index (κ3) is 4.09. The molecule has 1 heterocycles. The van der Waals surface area contributed by atoms with Crippen molar-refractivity contribution >= 4 is 65.1 Å². The van der Waals surface area contributed by atoms with Crippen molar-refractivity contribution in [1.29, 1.82) is 0 Å². The third-order valence-corrected chi connectivity index (χ3v) is 6.08. The Balaban J connectivity index is 1.72. The van der Waals surface area contributed by atoms with Crippen LogP contribution in [0.1, 0.15) is 11.6 Å². The van der Waals surface area contributed by atoms with Crippen LogP contribution in [0.2, 0.25) is 0 Å². The van der Waals surface area contributed by atoms with Gasteiger partial charge in [-0.3, -0.25) is 9.69 Å². The first kappa shape index (κ1) is 19.4. The normalized spacial score (nSPS) is 16.2. The Labute approximate surface area is 188 Å². The van der Waals surface area contributed by atoms with Crippen molar-refractivity contribution < 1.29 is 4.79 Å². The van der Waals surface area contributed by atoms with Gasteiger partial charge in [-0.1, -0.05) is 59.9 Å². The van der Waals surface area contributed by atoms with E-state index in [4.69, 9.17) is 0 Å². The summed E-state index contributed by atoms with van der Waals surface area (Å²) in [6.07, 6.45) is 1.98. The number of nitrogens with one attached hydrogen (secondary N) is 1. The van der Waals surface area contributed by atoms with E-state index in [0.29, 0.717) is 5.70 Å². The second-order valence-corrected chi connectivity index (χ2v) is 9.11. The molecule has 1 amide bonds. The molecule has 28 heavy (non-hydrogen) atoms. The molecule has 4 rings (SSSR count). The van der Waals surface area contributed by atoms with E-state index >= 15 is 0 Å². The summed E-state index contributed by atoms with van der Waals surface area (Å²) in [4.78, 5) is 15.1. The van der Waals surface area contributed by atoms with Gasteiger partial charge in [0.25, 0.3) is 5.91 Å². The smallest absolute Gasteiger partial charge is 0.275 e. The molecule has 0 fully saturated rings. The van der Waals surface area contributed by atoms with Crippen LogP contribution in [0.3, 0.4) is 0 Å². The van der Waals surface area contributed by atoms with Gasteiger partial charge in [-0.25, -0.2) is 0 Å². The van der Waals surface area contributed by atoms with Gasteiger partial charge < -0.3 is 5.32 Å². The number of benzene rings is 3. The molecule has 3 aromatic rings. The summed E-state index contributed by atoms with van der Waals surface area (Å²) in [6, 6.07) is 23.4. The minimum atomic E-state index is -0.181. The number of hydrogen-bond acceptors (Lipinski definition) is 2. The molecule has 0 saturated carbocycles. The van der Waals surface area contributed by atoms with Gasteiger partial charge in [-0.2, -0.15) is 0 Å². The molecule has 1 N–H and O–H groups in total. The van der Waals surface area contributed by atoms with Crippen LogP contribution in [0.5, 0.6) is 0 Å². The molecular formula is C22H15Br3N2O. The average Bonchev–Trinajstić information content (AvgIpc) is 3.01. The van der Waals surface area contributed by atoms with Crippen molar-refractivity contribution in [2.24, 2.45) is 0 Å². The molecule has 1 unspecified atom stereocenters. The second kappa shape index (κ2) is 8.23. The number of halogens is 3. The molecule has 6 heteroatoms. The van der Waals surface area contributed by atoms with E-state index < -0.39 is 0 Å². The number of carbonyl (C=O) groups is 1. The topological polar surface area (TPSA) is 32.3 Å². The molecule has 1 atom stereocenters. The minimum Gasteiger partial charge on any atom is -0.351 e. The van der Waals surface area contributed by atoms with Gasteiger partial charge in [-0.15, -0.1) is 0 Å². The molecule has 140 valence electrons. The fourth-order valence-corrected chi connectivity index (χ4v) is 3.92. The van der Waals surface area contributed by atoms with Gasteiger partial charge in [0.05, 0.1) is 6.04 Å². The van der Waals surface area contributed by atoms with E-state index in [9.17, 15) is 4.79 Å². The Hall–Kier alpha value is -1.89. The largest absolute Gasteiger partial charge is 0.351 e. The standard InChI is InChI=1S/C22H15Br3N2O/c23-15-3-1-14(2-4-15)21-13-20(26-18-9-5-16(24)6-10-18)22(28)27(21)19-11-7-17(25)8-12-19/h1-13,21,26H. The first-order valence-corrected chi connectivity index (χ1v) is 11.0. The lowest BCUT2D eigenvalue weighted by Crippen LogP contribution is -2.30. The van der Waals surface area contributed by atoms with Crippen LogP contribution < -0.4 is 10.2 Å². The van der Waals surface area contributed by atoms with Gasteiger partial charge in [0.15, 0.2) is 0 Å². The van der Waals surface area contributed by atoms with Crippen LogP contribution in [0, 0.1) is 0 Å². The Morgan fingerprint density at radius 1 is 0.714 bits per heavy atom. The van der Waals surface area contributed by atoms with Crippen molar-refractivity contribution in [2.45, 2.75) is 6.04 Å². The quantitative estimate of drug-likeness (QED) is 0.369. The van der Waals surface area contributed by atoms with Crippen LogP contribution in [0.25, 0.3) is 0 Å². The summed E-state index contributed by atoms with van der Waals surface area (Å²) in [5.74, 6) is -0.0573. The van der Waals surface area contributed by atoms with Gasteiger partial charge in [0.1, 0.15) is 5.70 Å². The van der Waals surface area contributed by atoms with E-state index in [2.05, 4.69) is 53.1 Å². The Morgan fingerprint density at radius 3 is 1.79 bits per heavy atom. The van der Waals surface area contributed by atoms with Gasteiger partial charge in [0, 0.05) is 24.8 Å². The summed E-state index contributed by atoms with van der Waals surface area (Å²) >= 11 is 10.4. The number of carbonyl (C=O) groups excluding carboxylic acids is 1. The van der Waals surface area contributed by atoms with Crippen LogP contribution in [-0.4, -0.2) is 5.91 Å². The lowest BCUT2D eigenvalue weighted by atomic mass is 10.1. The van der Waals surface area contributed by atoms with E-state index in [0.717, 1.165) is 30.4 Å². The molecule has 0 spiro atoms. The Morgan fingerprint density at radius 2 is 1.21 bits per heavy atom. The third-order valence-electron chi connectivity index (χ3n) is 4.49. The fraction of sp³-hybridized carbons (Fsp3) is 0.0455. The number of nitrogens with zero attached hydrogens (tertiary/aromatic N) is 1. The highest BCUT2D eigenvalue weighted by Gasteiger charge is 2.34. The van der Waals surface area contributed by atoms with Gasteiger partial charge in [0.2, 0.25) is 0 Å². The van der Waals surface area contributed by atoms with Crippen molar-refractivity contribution in [2.75, 3.05) is 10.2 Å². The van der Waals surface area contributed by atoms with E-state index in [1.165, 1.54) is 0 Å². The fourth-order valence-electron chi connectivity index (χ4n) is 3.13. The van der Waals surface area contributed by atoms with E-state index in [-0.39, 0.29) is 11.9 Å². The molecule has 3 aromatic carbocycles. The summed E-state index contributed by atoms with van der Waals surface area (Å²) < 4.78 is 2.98. The van der Waals surface area contributed by atoms with Crippen molar-refractivity contribution in [3.05, 3.63) is 104 Å². The molecule has 0 aliphatic carbocycles. The second-order valence-electron chi connectivity index (χ2n) is 6.36. The SMILES string of the molecule is O=C1C(Nc2ccc(Br)cc2)=CC(c2ccc(Br)cc2)N1c1ccc(Br)cc1. The highest BCUT2D eigenvalue weighted by Crippen LogP contribution is 2.37. The predicted octanol–water partition coefficient (Wildman–Crippen LogP) is 7.06. The average molecular weight is 563 g/mol. The number of rotatable bonds is 4. The first-order chi connectivity index (χ1) is 13.5. The zero-order valence-electron chi connectivity index (χ0n) is 14.6. The van der Waals surface area contributed by atoms with Crippen LogP contribution >= 0.6 is 47.8 Å². The number of amides is 1. The summed E-state index contributed by atoms with van der Waals surface area (Å²) in [5, 5.41) is 3.27. The lowest BCUT2D eigenvalue weighted by molar-refractivity contribution is -0.114. The van der Waals surface area contributed by atoms with Crippen LogP contribution in [0.4, 0.5) is 11.4 Å². The molecule has 1 aliphatic heterocycles. The predicted molar refractivity (Wildman–Crippen MR) is 124 cm³/mol. The molecule has 1 aliphatic rings. The molecule has 0 bridgehead atoms. The maximum atomic E-state index is 13.3. The maximum absolute atomic E-state index is 13.3. The number of hydrogen-bond donors (Lipinski definition) is 1. The van der Waals surface area contributed by atoms with E-state index in [1.54, 1.807) is 0 Å². The van der Waals surface area contributed by atoms with Crippen LogP contribution in [-0.2, 0) is 4.79 Å². The van der Waals surface area contributed by atoms with Crippen molar-refractivity contribution in [1.82, 2.24) is 0 Å². The van der Waals surface area contributed by atoms with Crippen LogP contribution in [0.15, 0.2) is 98.0 Å². The maximum Gasteiger partial charge on any atom is 0.275 e. The van der Waals surface area contributed by atoms with Gasteiger partial charge >= 0.3 is 0 Å². The monoisotopic (exact) mass is 560 g/mol. The van der Waals surface area contributed by atoms with E-state index in [1.807, 2.05) is 83.8 Å². The zero-order chi connectivity index (χ0) is 19.7. The molecular weight excluding hydrogens is 548 g/mol. The molecule has 0 radical (unpaired) electrons. The summed E-state index contributed by atoms with van der Waals surface area (Å²) in [6.45, 7) is 0. The summed E-state index contributed by atoms with van der Waals surface area (Å²) in [5.41, 5.74) is 3.34. The Kier molecular flexibility index (Phi) is 5.71.